The summed E-state index contributed by atoms with van der Waals surface area (Å²) in [5, 5.41) is 6.86. The molecule has 0 aliphatic rings. The van der Waals surface area contributed by atoms with Crippen molar-refractivity contribution in [2.24, 2.45) is 11.1 Å². The number of amides is 1. The molecule has 1 aromatic heterocycles. The van der Waals surface area contributed by atoms with Gasteiger partial charge in [0.05, 0.1) is 0 Å². The number of carbonyl (C=O) groups excluding carboxylic acids is 1. The van der Waals surface area contributed by atoms with Crippen LogP contribution in [-0.4, -0.2) is 41.1 Å². The summed E-state index contributed by atoms with van der Waals surface area (Å²) in [6, 6.07) is 1.80. The van der Waals surface area contributed by atoms with E-state index in [0.717, 1.165) is 12.1 Å². The van der Waals surface area contributed by atoms with E-state index in [9.17, 15) is 4.79 Å². The number of aryl methyl sites for hydroxylation is 1. The molecule has 0 unspecified atom stereocenters. The fourth-order valence-corrected chi connectivity index (χ4v) is 1.63. The first-order chi connectivity index (χ1) is 7.89. The molecule has 5 nitrogen and oxygen atoms in total. The van der Waals surface area contributed by atoms with Gasteiger partial charge in [-0.2, -0.15) is 5.10 Å². The molecule has 1 rings (SSSR count). The number of nitrogens with one attached hydrogen (secondary N) is 1. The largest absolute Gasteiger partial charge is 0.340 e. The third-order valence-corrected chi connectivity index (χ3v) is 2.80. The molecular weight excluding hydrogens is 216 g/mol. The van der Waals surface area contributed by atoms with Crippen molar-refractivity contribution in [2.45, 2.75) is 27.2 Å². The lowest BCUT2D eigenvalue weighted by Crippen LogP contribution is -2.39. The van der Waals surface area contributed by atoms with Gasteiger partial charge in [0.1, 0.15) is 5.69 Å². The predicted octanol–water partition coefficient (Wildman–Crippen LogP) is 1.03. The van der Waals surface area contributed by atoms with Gasteiger partial charge in [-0.05, 0) is 24.4 Å². The van der Waals surface area contributed by atoms with Gasteiger partial charge in [0.25, 0.3) is 5.91 Å². The molecule has 17 heavy (non-hydrogen) atoms. The van der Waals surface area contributed by atoms with Crippen molar-refractivity contribution >= 4 is 5.91 Å². The molecule has 0 radical (unpaired) electrons. The van der Waals surface area contributed by atoms with Gasteiger partial charge in [-0.3, -0.25) is 9.89 Å². The lowest BCUT2D eigenvalue weighted by atomic mass is 9.93. The first kappa shape index (κ1) is 13.7. The Labute approximate surface area is 102 Å². The van der Waals surface area contributed by atoms with Crippen LogP contribution in [0, 0.1) is 5.41 Å². The maximum absolute atomic E-state index is 12.1. The number of aromatic amines is 1. The summed E-state index contributed by atoms with van der Waals surface area (Å²) < 4.78 is 0. The highest BCUT2D eigenvalue weighted by molar-refractivity contribution is 5.92. The normalized spacial score (nSPS) is 11.6. The minimum absolute atomic E-state index is 0.0672. The fourth-order valence-electron chi connectivity index (χ4n) is 1.63. The summed E-state index contributed by atoms with van der Waals surface area (Å²) >= 11 is 0. The van der Waals surface area contributed by atoms with E-state index in [0.29, 0.717) is 18.8 Å². The molecule has 0 aliphatic carbocycles. The van der Waals surface area contributed by atoms with E-state index < -0.39 is 0 Å². The molecule has 1 heterocycles. The van der Waals surface area contributed by atoms with Crippen LogP contribution in [0.2, 0.25) is 0 Å². The summed E-state index contributed by atoms with van der Waals surface area (Å²) in [4.78, 5) is 13.7. The topological polar surface area (TPSA) is 75.0 Å². The lowest BCUT2D eigenvalue weighted by Gasteiger charge is -2.28. The van der Waals surface area contributed by atoms with Crippen LogP contribution >= 0.6 is 0 Å². The highest BCUT2D eigenvalue weighted by atomic mass is 16.2. The highest BCUT2D eigenvalue weighted by Gasteiger charge is 2.23. The molecule has 0 aromatic carbocycles. The SMILES string of the molecule is CCc1cc(C(=O)N(C)CC(C)(C)CN)n[nH]1. The molecule has 0 saturated carbocycles. The maximum atomic E-state index is 12.1. The minimum Gasteiger partial charge on any atom is -0.340 e. The average molecular weight is 238 g/mol. The van der Waals surface area contributed by atoms with Gasteiger partial charge < -0.3 is 10.6 Å². The summed E-state index contributed by atoms with van der Waals surface area (Å²) in [7, 11) is 1.78. The number of hydrogen-bond acceptors (Lipinski definition) is 3. The van der Waals surface area contributed by atoms with Crippen molar-refractivity contribution in [3.8, 4) is 0 Å². The maximum Gasteiger partial charge on any atom is 0.274 e. The monoisotopic (exact) mass is 238 g/mol. The Morgan fingerprint density at radius 2 is 2.24 bits per heavy atom. The first-order valence-electron chi connectivity index (χ1n) is 5.89. The van der Waals surface area contributed by atoms with Gasteiger partial charge in [0.15, 0.2) is 0 Å². The Hall–Kier alpha value is -1.36. The molecule has 1 aromatic rings. The number of nitrogens with two attached hydrogens (primary N) is 1. The van der Waals surface area contributed by atoms with Crippen molar-refractivity contribution in [2.75, 3.05) is 20.1 Å². The van der Waals surface area contributed by atoms with E-state index in [-0.39, 0.29) is 11.3 Å². The van der Waals surface area contributed by atoms with E-state index in [4.69, 9.17) is 5.73 Å². The number of nitrogens with zero attached hydrogens (tertiary/aromatic N) is 2. The molecule has 0 aliphatic heterocycles. The van der Waals surface area contributed by atoms with Gasteiger partial charge in [0, 0.05) is 19.3 Å². The van der Waals surface area contributed by atoms with Crippen molar-refractivity contribution in [3.63, 3.8) is 0 Å². The Morgan fingerprint density at radius 1 is 1.59 bits per heavy atom. The quantitative estimate of drug-likeness (QED) is 0.804. The lowest BCUT2D eigenvalue weighted by molar-refractivity contribution is 0.0734. The number of rotatable bonds is 5. The van der Waals surface area contributed by atoms with E-state index in [2.05, 4.69) is 10.2 Å². The van der Waals surface area contributed by atoms with E-state index >= 15 is 0 Å². The zero-order valence-electron chi connectivity index (χ0n) is 11.1. The van der Waals surface area contributed by atoms with Gasteiger partial charge in [0.2, 0.25) is 0 Å². The zero-order chi connectivity index (χ0) is 13.1. The minimum atomic E-state index is -0.0751. The summed E-state index contributed by atoms with van der Waals surface area (Å²) in [5.41, 5.74) is 7.03. The molecule has 1 amide bonds. The molecular formula is C12H22N4O. The van der Waals surface area contributed by atoms with Crippen molar-refractivity contribution < 1.29 is 4.79 Å². The molecule has 0 atom stereocenters. The van der Waals surface area contributed by atoms with Crippen LogP contribution in [0.3, 0.4) is 0 Å². The van der Waals surface area contributed by atoms with Gasteiger partial charge >= 0.3 is 0 Å². The molecule has 0 fully saturated rings. The van der Waals surface area contributed by atoms with Crippen LogP contribution in [0.5, 0.6) is 0 Å². The smallest absolute Gasteiger partial charge is 0.274 e. The summed E-state index contributed by atoms with van der Waals surface area (Å²) in [6.07, 6.45) is 0.846. The van der Waals surface area contributed by atoms with Crippen molar-refractivity contribution in [1.29, 1.82) is 0 Å². The molecule has 96 valence electrons. The zero-order valence-corrected chi connectivity index (χ0v) is 11.1. The van der Waals surface area contributed by atoms with Crippen LogP contribution in [0.4, 0.5) is 0 Å². The van der Waals surface area contributed by atoms with Crippen molar-refractivity contribution in [3.05, 3.63) is 17.5 Å². The third kappa shape index (κ3) is 3.56. The van der Waals surface area contributed by atoms with Gasteiger partial charge in [-0.15, -0.1) is 0 Å². The van der Waals surface area contributed by atoms with E-state index in [1.807, 2.05) is 20.8 Å². The van der Waals surface area contributed by atoms with Crippen molar-refractivity contribution in [1.82, 2.24) is 15.1 Å². The second kappa shape index (κ2) is 5.31. The third-order valence-electron chi connectivity index (χ3n) is 2.80. The average Bonchev–Trinajstić information content (AvgIpc) is 2.76. The Bertz CT molecular complexity index is 384. The molecule has 0 saturated heterocycles. The van der Waals surface area contributed by atoms with Crippen LogP contribution < -0.4 is 5.73 Å². The van der Waals surface area contributed by atoms with Gasteiger partial charge in [-0.25, -0.2) is 0 Å². The highest BCUT2D eigenvalue weighted by Crippen LogP contribution is 2.15. The Kier molecular flexibility index (Phi) is 4.28. The second-order valence-electron chi connectivity index (χ2n) is 5.16. The molecule has 0 spiro atoms. The van der Waals surface area contributed by atoms with Crippen LogP contribution in [0.15, 0.2) is 6.07 Å². The van der Waals surface area contributed by atoms with Crippen LogP contribution in [-0.2, 0) is 6.42 Å². The molecule has 0 bridgehead atoms. The predicted molar refractivity (Wildman–Crippen MR) is 67.8 cm³/mol. The Balaban J connectivity index is 2.69. The van der Waals surface area contributed by atoms with Crippen LogP contribution in [0.25, 0.3) is 0 Å². The number of carbonyl (C=O) groups is 1. The summed E-state index contributed by atoms with van der Waals surface area (Å²) in [6.45, 7) is 7.27. The molecule has 5 heteroatoms. The standard InChI is InChI=1S/C12H22N4O/c1-5-9-6-10(15-14-9)11(17)16(4)8-12(2,3)7-13/h6H,5,7-8,13H2,1-4H3,(H,14,15). The van der Waals surface area contributed by atoms with Gasteiger partial charge in [-0.1, -0.05) is 20.8 Å². The second-order valence-corrected chi connectivity index (χ2v) is 5.16. The van der Waals surface area contributed by atoms with E-state index in [1.54, 1.807) is 18.0 Å². The Morgan fingerprint density at radius 3 is 2.71 bits per heavy atom. The first-order valence-corrected chi connectivity index (χ1v) is 5.89. The number of aromatic nitrogens is 2. The molecule has 3 N–H and O–H groups in total. The van der Waals surface area contributed by atoms with Crippen LogP contribution in [0.1, 0.15) is 37.0 Å². The number of hydrogen-bond donors (Lipinski definition) is 2. The fraction of sp³-hybridized carbons (Fsp3) is 0.667. The summed E-state index contributed by atoms with van der Waals surface area (Å²) in [5.74, 6) is -0.0672. The van der Waals surface area contributed by atoms with E-state index in [1.165, 1.54) is 0 Å². The number of H-pyrrole nitrogens is 1.